The fourth-order valence-electron chi connectivity index (χ4n) is 1.31. The molecule has 0 fully saturated rings. The Labute approximate surface area is 84.3 Å². The first-order chi connectivity index (χ1) is 6.43. The highest BCUT2D eigenvalue weighted by Gasteiger charge is 2.18. The molecule has 78 valence electrons. The molecule has 1 rings (SSSR count). The Morgan fingerprint density at radius 3 is 2.43 bits per heavy atom. The number of benzene rings is 1. The molecule has 14 heavy (non-hydrogen) atoms. The molecule has 0 saturated carbocycles. The minimum absolute atomic E-state index is 0.224. The number of aliphatic hydroxyl groups excluding tert-OH is 1. The van der Waals surface area contributed by atoms with Crippen LogP contribution in [0.1, 0.15) is 12.5 Å². The topological polar surface area (TPSA) is 54.4 Å². The second kappa shape index (κ2) is 4.11. The zero-order valence-corrected chi connectivity index (χ0v) is 9.08. The van der Waals surface area contributed by atoms with E-state index >= 15 is 0 Å². The quantitative estimate of drug-likeness (QED) is 0.821. The molecular weight excluding hydrogens is 200 g/mol. The highest BCUT2D eigenvalue weighted by atomic mass is 32.2. The predicted octanol–water partition coefficient (Wildman–Crippen LogP) is 1.15. The van der Waals surface area contributed by atoms with Crippen molar-refractivity contribution in [1.29, 1.82) is 0 Å². The lowest BCUT2D eigenvalue weighted by Gasteiger charge is -2.08. The van der Waals surface area contributed by atoms with Crippen molar-refractivity contribution in [3.05, 3.63) is 29.8 Å². The second-order valence-electron chi connectivity index (χ2n) is 3.40. The number of rotatable bonds is 3. The molecule has 0 heterocycles. The number of aryl methyl sites for hydroxylation is 1. The maximum atomic E-state index is 11.7. The van der Waals surface area contributed by atoms with E-state index in [2.05, 4.69) is 0 Å². The summed E-state index contributed by atoms with van der Waals surface area (Å²) in [6.45, 7) is 3.21. The Balaban J connectivity index is 3.11. The van der Waals surface area contributed by atoms with Crippen LogP contribution >= 0.6 is 0 Å². The van der Waals surface area contributed by atoms with Gasteiger partial charge in [-0.25, -0.2) is 8.42 Å². The van der Waals surface area contributed by atoms with Crippen LogP contribution < -0.4 is 0 Å². The Kier molecular flexibility index (Phi) is 3.29. The van der Waals surface area contributed by atoms with E-state index in [9.17, 15) is 8.42 Å². The lowest BCUT2D eigenvalue weighted by atomic mass is 10.2. The number of sulfone groups is 1. The van der Waals surface area contributed by atoms with Crippen LogP contribution in [-0.2, 0) is 9.84 Å². The fraction of sp³-hybridized carbons (Fsp3) is 0.400. The van der Waals surface area contributed by atoms with Gasteiger partial charge < -0.3 is 5.11 Å². The Bertz CT molecular complexity index is 407. The lowest BCUT2D eigenvalue weighted by molar-refractivity contribution is 0.218. The van der Waals surface area contributed by atoms with Crippen molar-refractivity contribution < 1.29 is 13.5 Å². The first-order valence-electron chi connectivity index (χ1n) is 4.40. The number of aliphatic hydroxyl groups is 1. The molecule has 0 aromatic heterocycles. The summed E-state index contributed by atoms with van der Waals surface area (Å²) in [6, 6.07) is 6.78. The minimum Gasteiger partial charge on any atom is -0.392 e. The Hall–Kier alpha value is -0.870. The molecule has 0 bridgehead atoms. The third-order valence-electron chi connectivity index (χ3n) is 1.89. The van der Waals surface area contributed by atoms with Crippen LogP contribution in [0.5, 0.6) is 0 Å². The summed E-state index contributed by atoms with van der Waals surface area (Å²) in [7, 11) is -3.34. The lowest BCUT2D eigenvalue weighted by Crippen LogP contribution is -2.18. The largest absolute Gasteiger partial charge is 0.392 e. The van der Waals surface area contributed by atoms with Crippen molar-refractivity contribution in [2.24, 2.45) is 0 Å². The summed E-state index contributed by atoms with van der Waals surface area (Å²) in [5.74, 6) is -0.224. The smallest absolute Gasteiger partial charge is 0.181 e. The van der Waals surface area contributed by atoms with Crippen LogP contribution in [0.3, 0.4) is 0 Å². The van der Waals surface area contributed by atoms with E-state index in [4.69, 9.17) is 5.11 Å². The molecule has 0 saturated heterocycles. The van der Waals surface area contributed by atoms with Crippen molar-refractivity contribution in [2.45, 2.75) is 24.8 Å². The molecule has 0 aliphatic rings. The van der Waals surface area contributed by atoms with E-state index in [0.717, 1.165) is 0 Å². The summed E-state index contributed by atoms with van der Waals surface area (Å²) in [6.07, 6.45) is -0.834. The van der Waals surface area contributed by atoms with Crippen molar-refractivity contribution in [3.8, 4) is 0 Å². The maximum Gasteiger partial charge on any atom is 0.181 e. The van der Waals surface area contributed by atoms with Gasteiger partial charge >= 0.3 is 0 Å². The molecule has 1 unspecified atom stereocenters. The third-order valence-corrected chi connectivity index (χ3v) is 3.94. The molecule has 1 aromatic carbocycles. The monoisotopic (exact) mass is 214 g/mol. The van der Waals surface area contributed by atoms with Gasteiger partial charge in [0.1, 0.15) is 0 Å². The summed E-state index contributed by atoms with van der Waals surface area (Å²) in [5, 5.41) is 9.06. The zero-order valence-electron chi connectivity index (χ0n) is 8.27. The van der Waals surface area contributed by atoms with Crippen molar-refractivity contribution in [3.63, 3.8) is 0 Å². The normalized spacial score (nSPS) is 13.9. The molecule has 1 N–H and O–H groups in total. The van der Waals surface area contributed by atoms with Crippen LogP contribution in [0.25, 0.3) is 0 Å². The molecule has 1 aromatic rings. The van der Waals surface area contributed by atoms with Gasteiger partial charge in [-0.15, -0.1) is 0 Å². The molecule has 0 amide bonds. The number of hydrogen-bond donors (Lipinski definition) is 1. The molecule has 0 radical (unpaired) electrons. The fourth-order valence-corrected chi connectivity index (χ4v) is 2.97. The Morgan fingerprint density at radius 2 is 1.93 bits per heavy atom. The summed E-state index contributed by atoms with van der Waals surface area (Å²) < 4.78 is 23.4. The SMILES string of the molecule is Cc1ccccc1S(=O)(=O)CC(C)O. The van der Waals surface area contributed by atoms with E-state index in [1.165, 1.54) is 6.92 Å². The molecular formula is C10H14O3S. The van der Waals surface area contributed by atoms with Gasteiger partial charge in [-0.2, -0.15) is 0 Å². The Morgan fingerprint density at radius 1 is 1.36 bits per heavy atom. The van der Waals surface area contributed by atoms with Crippen LogP contribution in [0.4, 0.5) is 0 Å². The van der Waals surface area contributed by atoms with Crippen molar-refractivity contribution in [1.82, 2.24) is 0 Å². The van der Waals surface area contributed by atoms with Crippen molar-refractivity contribution >= 4 is 9.84 Å². The van der Waals surface area contributed by atoms with E-state index in [1.807, 2.05) is 0 Å². The molecule has 4 heteroatoms. The molecule has 0 aliphatic heterocycles. The third kappa shape index (κ3) is 2.56. The first kappa shape index (κ1) is 11.2. The van der Waals surface area contributed by atoms with Gasteiger partial charge in [0.25, 0.3) is 0 Å². The average Bonchev–Trinajstić information content (AvgIpc) is 2.02. The summed E-state index contributed by atoms with van der Waals surface area (Å²) in [4.78, 5) is 0.306. The maximum absolute atomic E-state index is 11.7. The molecule has 0 spiro atoms. The second-order valence-corrected chi connectivity index (χ2v) is 5.40. The van der Waals surface area contributed by atoms with Crippen LogP contribution in [-0.4, -0.2) is 25.4 Å². The molecule has 3 nitrogen and oxygen atoms in total. The van der Waals surface area contributed by atoms with Crippen LogP contribution in [0.15, 0.2) is 29.2 Å². The number of hydrogen-bond acceptors (Lipinski definition) is 3. The summed E-state index contributed by atoms with van der Waals surface area (Å²) in [5.41, 5.74) is 0.716. The van der Waals surface area contributed by atoms with Gasteiger partial charge in [0, 0.05) is 0 Å². The predicted molar refractivity (Wildman–Crippen MR) is 54.9 cm³/mol. The van der Waals surface area contributed by atoms with Crippen LogP contribution in [0, 0.1) is 6.92 Å². The van der Waals surface area contributed by atoms with Gasteiger partial charge in [-0.3, -0.25) is 0 Å². The van der Waals surface area contributed by atoms with Crippen LogP contribution in [0.2, 0.25) is 0 Å². The van der Waals surface area contributed by atoms with E-state index in [1.54, 1.807) is 31.2 Å². The first-order valence-corrected chi connectivity index (χ1v) is 6.05. The summed E-state index contributed by atoms with van der Waals surface area (Å²) >= 11 is 0. The highest BCUT2D eigenvalue weighted by molar-refractivity contribution is 7.91. The van der Waals surface area contributed by atoms with Gasteiger partial charge in [0.15, 0.2) is 9.84 Å². The van der Waals surface area contributed by atoms with E-state index < -0.39 is 15.9 Å². The van der Waals surface area contributed by atoms with Crippen molar-refractivity contribution in [2.75, 3.05) is 5.75 Å². The molecule has 1 atom stereocenters. The standard InChI is InChI=1S/C10H14O3S/c1-8-5-3-4-6-10(8)14(12,13)7-9(2)11/h3-6,9,11H,7H2,1-2H3. The van der Waals surface area contributed by atoms with E-state index in [0.29, 0.717) is 10.5 Å². The van der Waals surface area contributed by atoms with Gasteiger partial charge in [0.2, 0.25) is 0 Å². The van der Waals surface area contributed by atoms with Gasteiger partial charge in [-0.1, -0.05) is 18.2 Å². The average molecular weight is 214 g/mol. The molecule has 0 aliphatic carbocycles. The minimum atomic E-state index is -3.34. The van der Waals surface area contributed by atoms with Gasteiger partial charge in [0.05, 0.1) is 16.8 Å². The van der Waals surface area contributed by atoms with Gasteiger partial charge in [-0.05, 0) is 25.5 Å². The highest BCUT2D eigenvalue weighted by Crippen LogP contribution is 2.16. The zero-order chi connectivity index (χ0) is 10.8. The van der Waals surface area contributed by atoms with E-state index in [-0.39, 0.29) is 5.75 Å².